The van der Waals surface area contributed by atoms with Gasteiger partial charge in [-0.3, -0.25) is 9.78 Å². The number of piperazine rings is 1. The van der Waals surface area contributed by atoms with Crippen LogP contribution in [0.25, 0.3) is 10.9 Å². The smallest absolute Gasteiger partial charge is 0.353 e. The molecule has 0 bridgehead atoms. The number of pyridine rings is 2. The lowest BCUT2D eigenvalue weighted by Crippen LogP contribution is -2.49. The molecule has 5 nitrogen and oxygen atoms in total. The van der Waals surface area contributed by atoms with Gasteiger partial charge < -0.3 is 9.80 Å². The Morgan fingerprint density at radius 3 is 2.36 bits per heavy atom. The number of anilines is 1. The van der Waals surface area contributed by atoms with Gasteiger partial charge in [0, 0.05) is 44.0 Å². The molecule has 4 rings (SSSR count). The number of hydrogen-bond acceptors (Lipinski definition) is 4. The minimum absolute atomic E-state index is 0.0707. The van der Waals surface area contributed by atoms with Crippen LogP contribution in [0.4, 0.5) is 19.0 Å². The second-order valence-electron chi connectivity index (χ2n) is 6.56. The summed E-state index contributed by atoms with van der Waals surface area (Å²) in [6.45, 7) is 1.95. The Morgan fingerprint density at radius 2 is 1.68 bits per heavy atom. The Balaban J connectivity index is 1.46. The van der Waals surface area contributed by atoms with Crippen molar-refractivity contribution in [2.45, 2.75) is 6.18 Å². The van der Waals surface area contributed by atoms with Gasteiger partial charge in [0.1, 0.15) is 5.82 Å². The first-order valence-electron chi connectivity index (χ1n) is 8.85. The van der Waals surface area contributed by atoms with Crippen LogP contribution in [0.15, 0.2) is 54.9 Å². The molecule has 0 spiro atoms. The van der Waals surface area contributed by atoms with Crippen LogP contribution in [0.5, 0.6) is 0 Å². The van der Waals surface area contributed by atoms with E-state index in [4.69, 9.17) is 0 Å². The number of carbonyl (C=O) groups is 1. The molecular weight excluding hydrogens is 369 g/mol. The summed E-state index contributed by atoms with van der Waals surface area (Å²) in [7, 11) is 0. The van der Waals surface area contributed by atoms with Gasteiger partial charge >= 0.3 is 6.18 Å². The van der Waals surface area contributed by atoms with Crippen LogP contribution in [0.3, 0.4) is 0 Å². The number of alkyl halides is 3. The summed E-state index contributed by atoms with van der Waals surface area (Å²) in [6, 6.07) is 11.6. The molecule has 1 aromatic carbocycles. The maximum Gasteiger partial charge on any atom is 0.417 e. The zero-order valence-electron chi connectivity index (χ0n) is 14.9. The zero-order chi connectivity index (χ0) is 19.7. The fraction of sp³-hybridized carbons (Fsp3) is 0.250. The van der Waals surface area contributed by atoms with Gasteiger partial charge in [0.05, 0.1) is 16.6 Å². The highest BCUT2D eigenvalue weighted by Crippen LogP contribution is 2.29. The van der Waals surface area contributed by atoms with E-state index >= 15 is 0 Å². The monoisotopic (exact) mass is 386 g/mol. The highest BCUT2D eigenvalue weighted by atomic mass is 19.4. The second kappa shape index (κ2) is 7.10. The van der Waals surface area contributed by atoms with Crippen molar-refractivity contribution in [3.05, 3.63) is 66.0 Å². The number of aromatic nitrogens is 2. The molecule has 1 amide bonds. The molecule has 0 saturated carbocycles. The molecule has 2 aromatic heterocycles. The summed E-state index contributed by atoms with van der Waals surface area (Å²) in [4.78, 5) is 24.8. The molecule has 8 heteroatoms. The van der Waals surface area contributed by atoms with Crippen molar-refractivity contribution < 1.29 is 18.0 Å². The molecule has 1 aliphatic rings. The number of fused-ring (bicyclic) bond motifs is 1. The number of rotatable bonds is 2. The maximum absolute atomic E-state index is 13.0. The normalized spacial score (nSPS) is 15.1. The van der Waals surface area contributed by atoms with E-state index in [9.17, 15) is 18.0 Å². The molecule has 0 atom stereocenters. The van der Waals surface area contributed by atoms with Crippen molar-refractivity contribution >= 4 is 22.6 Å². The van der Waals surface area contributed by atoms with Crippen LogP contribution in [0.1, 0.15) is 15.9 Å². The fourth-order valence-corrected chi connectivity index (χ4v) is 3.33. The van der Waals surface area contributed by atoms with Crippen LogP contribution < -0.4 is 4.90 Å². The quantitative estimate of drug-likeness (QED) is 0.675. The molecular formula is C20H17F3N4O. The molecule has 1 aliphatic heterocycles. The van der Waals surface area contributed by atoms with Crippen molar-refractivity contribution in [2.75, 3.05) is 31.1 Å². The molecule has 1 saturated heterocycles. The summed E-state index contributed by atoms with van der Waals surface area (Å²) >= 11 is 0. The number of halogens is 3. The molecule has 0 unspecified atom stereocenters. The Labute approximate surface area is 159 Å². The number of para-hydroxylation sites is 1. The third kappa shape index (κ3) is 3.49. The summed E-state index contributed by atoms with van der Waals surface area (Å²) < 4.78 is 38.0. The number of nitrogens with zero attached hydrogens (tertiary/aromatic N) is 4. The number of benzene rings is 1. The Morgan fingerprint density at radius 1 is 0.929 bits per heavy atom. The number of hydrogen-bond donors (Lipinski definition) is 0. The molecule has 28 heavy (non-hydrogen) atoms. The molecule has 3 aromatic rings. The van der Waals surface area contributed by atoms with Gasteiger partial charge in [-0.15, -0.1) is 0 Å². The zero-order valence-corrected chi connectivity index (χ0v) is 14.9. The maximum atomic E-state index is 13.0. The van der Waals surface area contributed by atoms with Crippen LogP contribution in [0.2, 0.25) is 0 Å². The summed E-state index contributed by atoms with van der Waals surface area (Å²) in [5.41, 5.74) is 0.599. The van der Waals surface area contributed by atoms with Gasteiger partial charge in [-0.05, 0) is 24.3 Å². The van der Waals surface area contributed by atoms with Crippen molar-refractivity contribution in [3.63, 3.8) is 0 Å². The average Bonchev–Trinajstić information content (AvgIpc) is 2.72. The van der Waals surface area contributed by atoms with E-state index in [-0.39, 0.29) is 5.91 Å². The topological polar surface area (TPSA) is 49.3 Å². The van der Waals surface area contributed by atoms with E-state index in [0.29, 0.717) is 37.6 Å². The van der Waals surface area contributed by atoms with Gasteiger partial charge in [0.15, 0.2) is 0 Å². The van der Waals surface area contributed by atoms with Crippen LogP contribution in [-0.4, -0.2) is 47.0 Å². The second-order valence-corrected chi connectivity index (χ2v) is 6.56. The third-order valence-corrected chi connectivity index (χ3v) is 4.85. The van der Waals surface area contributed by atoms with E-state index in [1.54, 1.807) is 17.2 Å². The molecule has 0 aliphatic carbocycles. The highest BCUT2D eigenvalue weighted by Gasteiger charge is 2.31. The molecule has 0 radical (unpaired) electrons. The summed E-state index contributed by atoms with van der Waals surface area (Å²) in [5, 5.41) is 0.807. The van der Waals surface area contributed by atoms with Gasteiger partial charge in [-0.2, -0.15) is 13.2 Å². The van der Waals surface area contributed by atoms with Crippen LogP contribution in [-0.2, 0) is 6.18 Å². The Bertz CT molecular complexity index is 991. The largest absolute Gasteiger partial charge is 0.417 e. The van der Waals surface area contributed by atoms with Crippen molar-refractivity contribution in [3.8, 4) is 0 Å². The SMILES string of the molecule is O=C(c1ccnc2ccccc12)N1CCN(c2ccc(C(F)(F)F)cn2)CC1. The first-order chi connectivity index (χ1) is 13.4. The predicted octanol–water partition coefficient (Wildman–Crippen LogP) is 3.61. The number of amides is 1. The van der Waals surface area contributed by atoms with Crippen molar-refractivity contribution in [1.29, 1.82) is 0 Å². The first kappa shape index (κ1) is 18.2. The minimum Gasteiger partial charge on any atom is -0.353 e. The average molecular weight is 386 g/mol. The van der Waals surface area contributed by atoms with Crippen molar-refractivity contribution in [1.82, 2.24) is 14.9 Å². The van der Waals surface area contributed by atoms with E-state index in [2.05, 4.69) is 9.97 Å². The molecule has 3 heterocycles. The highest BCUT2D eigenvalue weighted by molar-refractivity contribution is 6.06. The molecule has 1 fully saturated rings. The number of carbonyl (C=O) groups excluding carboxylic acids is 1. The van der Waals surface area contributed by atoms with Gasteiger partial charge in [-0.1, -0.05) is 18.2 Å². The molecule has 0 N–H and O–H groups in total. The van der Waals surface area contributed by atoms with E-state index < -0.39 is 11.7 Å². The summed E-state index contributed by atoms with van der Waals surface area (Å²) in [6.07, 6.45) is -1.93. The van der Waals surface area contributed by atoms with Crippen LogP contribution >= 0.6 is 0 Å². The molecule has 144 valence electrons. The lowest BCUT2D eigenvalue weighted by molar-refractivity contribution is -0.137. The standard InChI is InChI=1S/C20H17F3N4O/c21-20(22,23)14-5-6-18(25-13-14)26-9-11-27(12-10-26)19(28)16-7-8-24-17-4-2-1-3-15(16)17/h1-8,13H,9-12H2. The lowest BCUT2D eigenvalue weighted by Gasteiger charge is -2.35. The van der Waals surface area contributed by atoms with Crippen molar-refractivity contribution in [2.24, 2.45) is 0 Å². The van der Waals surface area contributed by atoms with Gasteiger partial charge in [0.25, 0.3) is 5.91 Å². The Kier molecular flexibility index (Phi) is 4.62. The van der Waals surface area contributed by atoms with Gasteiger partial charge in [-0.25, -0.2) is 4.98 Å². The predicted molar refractivity (Wildman–Crippen MR) is 99.1 cm³/mol. The fourth-order valence-electron chi connectivity index (χ4n) is 3.33. The van der Waals surface area contributed by atoms with E-state index in [0.717, 1.165) is 23.2 Å². The van der Waals surface area contributed by atoms with E-state index in [1.807, 2.05) is 29.2 Å². The minimum atomic E-state index is -4.40. The third-order valence-electron chi connectivity index (χ3n) is 4.85. The lowest BCUT2D eigenvalue weighted by atomic mass is 10.1. The first-order valence-corrected chi connectivity index (χ1v) is 8.85. The van der Waals surface area contributed by atoms with E-state index in [1.165, 1.54) is 6.07 Å². The van der Waals surface area contributed by atoms with Gasteiger partial charge in [0.2, 0.25) is 0 Å². The summed E-state index contributed by atoms with van der Waals surface area (Å²) in [5.74, 6) is 0.410. The van der Waals surface area contributed by atoms with Crippen LogP contribution in [0, 0.1) is 0 Å². The Hall–Kier alpha value is -3.16.